The molecule has 0 amide bonds. The van der Waals surface area contributed by atoms with Gasteiger partial charge in [-0.2, -0.15) is 11.8 Å². The van der Waals surface area contributed by atoms with Crippen molar-refractivity contribution in [2.24, 2.45) is 11.3 Å². The Morgan fingerprint density at radius 3 is 2.72 bits per heavy atom. The molecule has 0 aromatic heterocycles. The Kier molecular flexibility index (Phi) is 5.71. The van der Waals surface area contributed by atoms with Gasteiger partial charge in [-0.25, -0.2) is 0 Å². The van der Waals surface area contributed by atoms with Gasteiger partial charge in [0.2, 0.25) is 0 Å². The lowest BCUT2D eigenvalue weighted by atomic mass is 9.85. The molecule has 3 fully saturated rings. The average Bonchev–Trinajstić information content (AvgIpc) is 3.12. The van der Waals surface area contributed by atoms with Crippen LogP contribution in [-0.2, 0) is 23.7 Å². The van der Waals surface area contributed by atoms with Gasteiger partial charge in [0.15, 0.2) is 5.79 Å². The second-order valence-electron chi connectivity index (χ2n) is 8.23. The summed E-state index contributed by atoms with van der Waals surface area (Å²) in [6.07, 6.45) is 2.17. The zero-order valence-electron chi connectivity index (χ0n) is 15.5. The molecule has 6 atom stereocenters. The van der Waals surface area contributed by atoms with E-state index in [1.807, 2.05) is 32.5 Å². The fourth-order valence-electron chi connectivity index (χ4n) is 4.01. The van der Waals surface area contributed by atoms with Gasteiger partial charge >= 0.3 is 5.97 Å². The minimum atomic E-state index is -0.645. The summed E-state index contributed by atoms with van der Waals surface area (Å²) in [7, 11) is 1.70. The number of carbonyl (C=O) groups excluding carboxylic acids is 1. The third kappa shape index (κ3) is 3.72. The van der Waals surface area contributed by atoms with Crippen LogP contribution in [0.2, 0.25) is 0 Å². The van der Waals surface area contributed by atoms with Gasteiger partial charge < -0.3 is 24.1 Å². The molecule has 1 N–H and O–H groups in total. The molecule has 7 heteroatoms. The number of hydrogen-bond donors (Lipinski definition) is 1. The Bertz CT molecular complexity index is 492. The zero-order valence-corrected chi connectivity index (χ0v) is 16.3. The Morgan fingerprint density at radius 2 is 2.08 bits per heavy atom. The third-order valence-electron chi connectivity index (χ3n) is 5.39. The summed E-state index contributed by atoms with van der Waals surface area (Å²) in [4.78, 5) is 12.0. The average molecular weight is 374 g/mol. The van der Waals surface area contributed by atoms with Crippen molar-refractivity contribution in [1.29, 1.82) is 0 Å². The Balaban J connectivity index is 1.61. The van der Waals surface area contributed by atoms with Gasteiger partial charge in [0.25, 0.3) is 0 Å². The number of esters is 1. The van der Waals surface area contributed by atoms with E-state index in [1.54, 1.807) is 7.11 Å². The molecule has 0 saturated carbocycles. The molecule has 0 aromatic carbocycles. The summed E-state index contributed by atoms with van der Waals surface area (Å²) >= 11 is 1.83. The quantitative estimate of drug-likeness (QED) is 0.738. The van der Waals surface area contributed by atoms with Gasteiger partial charge in [-0.05, 0) is 33.6 Å². The molecule has 3 rings (SSSR count). The number of carbonyl (C=O) groups is 1. The maximum absolute atomic E-state index is 12.0. The Hall–Kier alpha value is -0.340. The molecular formula is C18H30O6S. The lowest BCUT2D eigenvalue weighted by molar-refractivity contribution is -0.299. The van der Waals surface area contributed by atoms with Crippen molar-refractivity contribution in [3.05, 3.63) is 0 Å². The first kappa shape index (κ1) is 19.4. The second-order valence-corrected chi connectivity index (χ2v) is 9.46. The molecule has 0 bridgehead atoms. The lowest BCUT2D eigenvalue weighted by Gasteiger charge is -2.45. The van der Waals surface area contributed by atoms with Crippen molar-refractivity contribution in [2.45, 2.75) is 69.4 Å². The summed E-state index contributed by atoms with van der Waals surface area (Å²) in [5.41, 5.74) is -0.487. The van der Waals surface area contributed by atoms with E-state index < -0.39 is 11.2 Å². The zero-order chi connectivity index (χ0) is 18.2. The molecular weight excluding hydrogens is 344 g/mol. The van der Waals surface area contributed by atoms with E-state index in [1.165, 1.54) is 0 Å². The number of rotatable bonds is 5. The predicted molar refractivity (Wildman–Crippen MR) is 94.4 cm³/mol. The van der Waals surface area contributed by atoms with Gasteiger partial charge in [-0.3, -0.25) is 4.79 Å². The molecule has 144 valence electrons. The van der Waals surface area contributed by atoms with Crippen LogP contribution in [0.5, 0.6) is 0 Å². The fourth-order valence-corrected chi connectivity index (χ4v) is 5.68. The van der Waals surface area contributed by atoms with Crippen LogP contribution in [0.4, 0.5) is 0 Å². The summed E-state index contributed by atoms with van der Waals surface area (Å²) in [5, 5.41) is 9.49. The molecule has 25 heavy (non-hydrogen) atoms. The molecule has 3 heterocycles. The van der Waals surface area contributed by atoms with Crippen molar-refractivity contribution in [1.82, 2.24) is 0 Å². The molecule has 0 spiro atoms. The summed E-state index contributed by atoms with van der Waals surface area (Å²) in [6, 6.07) is 0. The Labute approximate surface area is 153 Å². The van der Waals surface area contributed by atoms with Crippen molar-refractivity contribution in [3.63, 3.8) is 0 Å². The van der Waals surface area contributed by atoms with Crippen LogP contribution < -0.4 is 0 Å². The molecule has 3 aliphatic rings. The number of aliphatic hydroxyl groups excluding tert-OH is 1. The van der Waals surface area contributed by atoms with Crippen LogP contribution >= 0.6 is 11.8 Å². The number of fused-ring (bicyclic) bond motifs is 2. The van der Waals surface area contributed by atoms with E-state index in [9.17, 15) is 9.90 Å². The molecule has 0 unspecified atom stereocenters. The number of methoxy groups -OCH3 is 1. The molecule has 6 nitrogen and oxygen atoms in total. The van der Waals surface area contributed by atoms with Gasteiger partial charge in [-0.1, -0.05) is 0 Å². The number of aliphatic hydroxyl groups is 1. The van der Waals surface area contributed by atoms with E-state index in [-0.39, 0.29) is 42.1 Å². The van der Waals surface area contributed by atoms with Gasteiger partial charge in [0.05, 0.1) is 42.2 Å². The van der Waals surface area contributed by atoms with Crippen LogP contribution in [0.25, 0.3) is 0 Å². The minimum absolute atomic E-state index is 0.0297. The van der Waals surface area contributed by atoms with Gasteiger partial charge in [0, 0.05) is 25.2 Å². The largest absolute Gasteiger partial charge is 0.465 e. The van der Waals surface area contributed by atoms with Crippen LogP contribution in [0.3, 0.4) is 0 Å². The normalized spacial score (nSPS) is 40.6. The molecule has 3 aliphatic heterocycles. The molecule has 3 saturated heterocycles. The number of ether oxygens (including phenoxy) is 4. The van der Waals surface area contributed by atoms with E-state index in [0.29, 0.717) is 19.4 Å². The molecule has 0 aliphatic carbocycles. The maximum Gasteiger partial charge on any atom is 0.311 e. The standard InChI is InChI=1S/C18H30O6S/c1-17(2,3)16(20)22-6-5-15-18(21-4)11(10-25-15)7-13-14(24-18)8-12(9-19)23-13/h11-15,19H,5-10H2,1-4H3/t11-,12-,13+,14+,15+,18+/m0/s1. The van der Waals surface area contributed by atoms with Gasteiger partial charge in [0.1, 0.15) is 0 Å². The predicted octanol–water partition coefficient (Wildman–Crippen LogP) is 1.98. The highest BCUT2D eigenvalue weighted by atomic mass is 32.2. The first-order valence-corrected chi connectivity index (χ1v) is 10.1. The summed E-state index contributed by atoms with van der Waals surface area (Å²) < 4.78 is 23.7. The molecule has 0 aromatic rings. The monoisotopic (exact) mass is 374 g/mol. The van der Waals surface area contributed by atoms with E-state index >= 15 is 0 Å². The van der Waals surface area contributed by atoms with Crippen molar-refractivity contribution >= 4 is 17.7 Å². The maximum atomic E-state index is 12.0. The first-order valence-electron chi connectivity index (χ1n) is 9.08. The van der Waals surface area contributed by atoms with E-state index in [0.717, 1.165) is 12.2 Å². The number of hydrogen-bond acceptors (Lipinski definition) is 7. The van der Waals surface area contributed by atoms with Crippen molar-refractivity contribution in [3.8, 4) is 0 Å². The highest BCUT2D eigenvalue weighted by molar-refractivity contribution is 8.00. The minimum Gasteiger partial charge on any atom is -0.465 e. The first-order chi connectivity index (χ1) is 11.8. The second kappa shape index (κ2) is 7.35. The third-order valence-corrected chi connectivity index (χ3v) is 6.96. The van der Waals surface area contributed by atoms with E-state index in [2.05, 4.69) is 0 Å². The van der Waals surface area contributed by atoms with E-state index in [4.69, 9.17) is 18.9 Å². The van der Waals surface area contributed by atoms with Crippen LogP contribution in [0.15, 0.2) is 0 Å². The number of thioether (sulfide) groups is 1. The SMILES string of the molecule is CO[C@@]12O[C@@H]3C[C@@H](CO)O[C@@H]3C[C@H]1CS[C@@H]2CCOC(=O)C(C)(C)C. The highest BCUT2D eigenvalue weighted by Crippen LogP contribution is 2.53. The Morgan fingerprint density at radius 1 is 1.32 bits per heavy atom. The topological polar surface area (TPSA) is 74.2 Å². The van der Waals surface area contributed by atoms with Gasteiger partial charge in [-0.15, -0.1) is 0 Å². The van der Waals surface area contributed by atoms with Crippen LogP contribution in [-0.4, -0.2) is 66.5 Å². The van der Waals surface area contributed by atoms with Crippen LogP contribution in [0, 0.1) is 11.3 Å². The highest BCUT2D eigenvalue weighted by Gasteiger charge is 2.59. The van der Waals surface area contributed by atoms with Crippen molar-refractivity contribution in [2.75, 3.05) is 26.1 Å². The fraction of sp³-hybridized carbons (Fsp3) is 0.944. The smallest absolute Gasteiger partial charge is 0.311 e. The molecule has 0 radical (unpaired) electrons. The van der Waals surface area contributed by atoms with Crippen molar-refractivity contribution < 1.29 is 28.8 Å². The van der Waals surface area contributed by atoms with Crippen LogP contribution in [0.1, 0.15) is 40.0 Å². The summed E-state index contributed by atoms with van der Waals surface area (Å²) in [6.45, 7) is 5.97. The lowest BCUT2D eigenvalue weighted by Crippen LogP contribution is -2.56. The summed E-state index contributed by atoms with van der Waals surface area (Å²) in [5.74, 6) is 0.373.